The van der Waals surface area contributed by atoms with Crippen LogP contribution < -0.4 is 0 Å². The molecule has 0 heterocycles. The standard InChI is InChI=1S/C7H13Cl/c1-7(2)5-3-4-6-8/h4,6-7H,3,5H2,1-2H3/b6-4+. The Hall–Kier alpha value is 0.0300. The fraction of sp³-hybridized carbons (Fsp3) is 0.714. The third-order valence-electron chi connectivity index (χ3n) is 1.000. The van der Waals surface area contributed by atoms with Crippen LogP contribution in [0, 0.1) is 5.92 Å². The first-order valence-corrected chi connectivity index (χ1v) is 3.46. The summed E-state index contributed by atoms with van der Waals surface area (Å²) in [6, 6.07) is 0. The summed E-state index contributed by atoms with van der Waals surface area (Å²) in [6.07, 6.45) is 4.34. The molecule has 0 nitrogen and oxygen atoms in total. The predicted molar refractivity (Wildman–Crippen MR) is 39.1 cm³/mol. The lowest BCUT2D eigenvalue weighted by molar-refractivity contribution is 0.594. The van der Waals surface area contributed by atoms with E-state index < -0.39 is 0 Å². The maximum absolute atomic E-state index is 5.30. The Morgan fingerprint density at radius 3 is 2.50 bits per heavy atom. The maximum Gasteiger partial charge on any atom is 0.000245 e. The van der Waals surface area contributed by atoms with Gasteiger partial charge in [0.2, 0.25) is 0 Å². The molecule has 0 aromatic rings. The van der Waals surface area contributed by atoms with Crippen LogP contribution in [-0.4, -0.2) is 0 Å². The van der Waals surface area contributed by atoms with Gasteiger partial charge in [0.25, 0.3) is 0 Å². The van der Waals surface area contributed by atoms with E-state index in [0.29, 0.717) is 0 Å². The van der Waals surface area contributed by atoms with E-state index in [0.717, 1.165) is 12.3 Å². The van der Waals surface area contributed by atoms with E-state index in [9.17, 15) is 0 Å². The van der Waals surface area contributed by atoms with Crippen molar-refractivity contribution in [3.05, 3.63) is 11.6 Å². The van der Waals surface area contributed by atoms with Crippen molar-refractivity contribution in [2.24, 2.45) is 5.92 Å². The molecular formula is C7H13Cl. The SMILES string of the molecule is CC(C)CC/C=C/Cl. The smallest absolute Gasteiger partial charge is 0.000245 e. The van der Waals surface area contributed by atoms with E-state index in [1.54, 1.807) is 5.54 Å². The number of allylic oxidation sites excluding steroid dienone is 1. The summed E-state index contributed by atoms with van der Waals surface area (Å²) in [5, 5.41) is 0. The molecule has 0 bridgehead atoms. The minimum Gasteiger partial charge on any atom is -0.0933 e. The number of hydrogen-bond acceptors (Lipinski definition) is 0. The van der Waals surface area contributed by atoms with Gasteiger partial charge in [-0.2, -0.15) is 0 Å². The molecule has 0 saturated carbocycles. The highest BCUT2D eigenvalue weighted by Gasteiger charge is 1.87. The molecule has 0 spiro atoms. The topological polar surface area (TPSA) is 0 Å². The maximum atomic E-state index is 5.30. The molecule has 0 amide bonds. The van der Waals surface area contributed by atoms with Crippen LogP contribution in [0.1, 0.15) is 26.7 Å². The molecule has 0 aliphatic rings. The second-order valence-electron chi connectivity index (χ2n) is 2.33. The van der Waals surface area contributed by atoms with Crippen molar-refractivity contribution in [3.63, 3.8) is 0 Å². The van der Waals surface area contributed by atoms with Crippen LogP contribution in [-0.2, 0) is 0 Å². The van der Waals surface area contributed by atoms with Crippen LogP contribution in [0.25, 0.3) is 0 Å². The Morgan fingerprint density at radius 2 is 2.12 bits per heavy atom. The molecule has 0 radical (unpaired) electrons. The highest BCUT2D eigenvalue weighted by molar-refractivity contribution is 6.25. The average molecular weight is 133 g/mol. The molecule has 0 unspecified atom stereocenters. The summed E-state index contributed by atoms with van der Waals surface area (Å²) in [7, 11) is 0. The second-order valence-corrected chi connectivity index (χ2v) is 2.58. The molecule has 0 aromatic heterocycles. The highest BCUT2D eigenvalue weighted by Crippen LogP contribution is 2.03. The van der Waals surface area contributed by atoms with Crippen LogP contribution in [0.2, 0.25) is 0 Å². The minimum atomic E-state index is 0.794. The van der Waals surface area contributed by atoms with Crippen molar-refractivity contribution >= 4 is 11.6 Å². The van der Waals surface area contributed by atoms with Crippen LogP contribution >= 0.6 is 11.6 Å². The molecule has 0 atom stereocenters. The minimum absolute atomic E-state index is 0.794. The van der Waals surface area contributed by atoms with Crippen LogP contribution in [0.5, 0.6) is 0 Å². The van der Waals surface area contributed by atoms with Gasteiger partial charge in [-0.25, -0.2) is 0 Å². The molecule has 8 heavy (non-hydrogen) atoms. The zero-order valence-electron chi connectivity index (χ0n) is 5.52. The molecule has 1 heteroatoms. The quantitative estimate of drug-likeness (QED) is 0.554. The van der Waals surface area contributed by atoms with Crippen LogP contribution in [0.3, 0.4) is 0 Å². The summed E-state index contributed by atoms with van der Waals surface area (Å²) in [4.78, 5) is 0. The molecular weight excluding hydrogens is 120 g/mol. The Morgan fingerprint density at radius 1 is 1.50 bits per heavy atom. The molecule has 0 saturated heterocycles. The van der Waals surface area contributed by atoms with E-state index in [4.69, 9.17) is 11.6 Å². The summed E-state index contributed by atoms with van der Waals surface area (Å²) in [5.74, 6) is 0.794. The van der Waals surface area contributed by atoms with Crippen molar-refractivity contribution in [2.45, 2.75) is 26.7 Å². The molecule has 0 aliphatic heterocycles. The molecule has 0 aromatic carbocycles. The van der Waals surface area contributed by atoms with E-state index in [1.165, 1.54) is 6.42 Å². The molecule has 0 N–H and O–H groups in total. The van der Waals surface area contributed by atoms with Crippen LogP contribution in [0.4, 0.5) is 0 Å². The average Bonchev–Trinajstić information content (AvgIpc) is 1.66. The normalized spacial score (nSPS) is 11.5. The Labute approximate surface area is 56.5 Å². The van der Waals surface area contributed by atoms with Gasteiger partial charge in [-0.1, -0.05) is 31.5 Å². The molecule has 0 rings (SSSR count). The molecule has 0 fully saturated rings. The van der Waals surface area contributed by atoms with Crippen LogP contribution in [0.15, 0.2) is 11.6 Å². The van der Waals surface area contributed by atoms with Gasteiger partial charge in [-0.05, 0) is 18.8 Å². The van der Waals surface area contributed by atoms with Gasteiger partial charge in [-0.15, -0.1) is 0 Å². The van der Waals surface area contributed by atoms with Gasteiger partial charge < -0.3 is 0 Å². The Balaban J connectivity index is 2.93. The van der Waals surface area contributed by atoms with E-state index in [2.05, 4.69) is 13.8 Å². The Bertz CT molecular complexity index is 64.8. The summed E-state index contributed by atoms with van der Waals surface area (Å²) < 4.78 is 0. The van der Waals surface area contributed by atoms with E-state index in [-0.39, 0.29) is 0 Å². The third kappa shape index (κ3) is 6.03. The van der Waals surface area contributed by atoms with Crippen molar-refractivity contribution in [2.75, 3.05) is 0 Å². The predicted octanol–water partition coefficient (Wildman–Crippen LogP) is 3.18. The molecule has 0 aliphatic carbocycles. The summed E-state index contributed by atoms with van der Waals surface area (Å²) in [6.45, 7) is 4.42. The van der Waals surface area contributed by atoms with E-state index >= 15 is 0 Å². The zero-order chi connectivity index (χ0) is 6.41. The first-order valence-electron chi connectivity index (χ1n) is 3.02. The largest absolute Gasteiger partial charge is 0.0933 e. The summed E-state index contributed by atoms with van der Waals surface area (Å²) >= 11 is 5.30. The third-order valence-corrected chi connectivity index (χ3v) is 1.18. The van der Waals surface area contributed by atoms with Gasteiger partial charge in [0.05, 0.1) is 0 Å². The zero-order valence-corrected chi connectivity index (χ0v) is 6.28. The second kappa shape index (κ2) is 5.17. The monoisotopic (exact) mass is 132 g/mol. The van der Waals surface area contributed by atoms with Crippen molar-refractivity contribution in [1.82, 2.24) is 0 Å². The first-order chi connectivity index (χ1) is 3.77. The fourth-order valence-corrected chi connectivity index (χ4v) is 0.619. The van der Waals surface area contributed by atoms with Crippen molar-refractivity contribution in [3.8, 4) is 0 Å². The van der Waals surface area contributed by atoms with Gasteiger partial charge in [0, 0.05) is 5.54 Å². The lowest BCUT2D eigenvalue weighted by Gasteiger charge is -1.97. The van der Waals surface area contributed by atoms with Crippen molar-refractivity contribution in [1.29, 1.82) is 0 Å². The number of hydrogen-bond donors (Lipinski definition) is 0. The van der Waals surface area contributed by atoms with Gasteiger partial charge in [0.1, 0.15) is 0 Å². The van der Waals surface area contributed by atoms with Crippen molar-refractivity contribution < 1.29 is 0 Å². The molecule has 48 valence electrons. The lowest BCUT2D eigenvalue weighted by atomic mass is 10.1. The highest BCUT2D eigenvalue weighted by atomic mass is 35.5. The van der Waals surface area contributed by atoms with Gasteiger partial charge in [0.15, 0.2) is 0 Å². The van der Waals surface area contributed by atoms with E-state index in [1.807, 2.05) is 6.08 Å². The lowest BCUT2D eigenvalue weighted by Crippen LogP contribution is -1.82. The summed E-state index contributed by atoms with van der Waals surface area (Å²) in [5.41, 5.74) is 1.59. The Kier molecular flexibility index (Phi) is 5.19. The first kappa shape index (κ1) is 8.03. The van der Waals surface area contributed by atoms with Gasteiger partial charge >= 0.3 is 0 Å². The number of halogens is 1. The fourth-order valence-electron chi connectivity index (χ4n) is 0.493. The van der Waals surface area contributed by atoms with Gasteiger partial charge in [-0.3, -0.25) is 0 Å². The number of rotatable bonds is 3.